The van der Waals surface area contributed by atoms with Crippen molar-refractivity contribution in [3.05, 3.63) is 0 Å². The van der Waals surface area contributed by atoms with Crippen LogP contribution in [0.5, 0.6) is 0 Å². The smallest absolute Gasteiger partial charge is 0.312 e. The van der Waals surface area contributed by atoms with E-state index in [0.717, 1.165) is 38.5 Å². The maximum absolute atomic E-state index is 12.9. The van der Waals surface area contributed by atoms with Crippen LogP contribution >= 0.6 is 0 Å². The summed E-state index contributed by atoms with van der Waals surface area (Å²) in [5.41, 5.74) is -0.219. The summed E-state index contributed by atoms with van der Waals surface area (Å²) < 4.78 is 5.73. The highest BCUT2D eigenvalue weighted by Crippen LogP contribution is 2.36. The minimum absolute atomic E-state index is 0.0906. The molecule has 0 saturated carbocycles. The van der Waals surface area contributed by atoms with Gasteiger partial charge in [0, 0.05) is 0 Å². The first-order valence-corrected chi connectivity index (χ1v) is 11.8. The number of carbonyl (C=O) groups excluding carboxylic acids is 1. The molecule has 0 radical (unpaired) electrons. The van der Waals surface area contributed by atoms with Crippen LogP contribution in [-0.2, 0) is 9.53 Å². The Morgan fingerprint density at radius 1 is 0.615 bits per heavy atom. The topological polar surface area (TPSA) is 26.3 Å². The van der Waals surface area contributed by atoms with Crippen LogP contribution in [-0.4, -0.2) is 12.6 Å². The molecule has 2 heteroatoms. The van der Waals surface area contributed by atoms with Crippen LogP contribution in [0, 0.1) is 5.41 Å². The van der Waals surface area contributed by atoms with E-state index < -0.39 is 0 Å². The zero-order valence-electron chi connectivity index (χ0n) is 18.5. The first-order valence-electron chi connectivity index (χ1n) is 11.8. The van der Waals surface area contributed by atoms with Crippen molar-refractivity contribution in [1.29, 1.82) is 0 Å². The van der Waals surface area contributed by atoms with E-state index in [1.165, 1.54) is 70.6 Å². The molecule has 0 aromatic heterocycles. The van der Waals surface area contributed by atoms with Gasteiger partial charge in [-0.15, -0.1) is 0 Å². The third-order valence-electron chi connectivity index (χ3n) is 5.86. The van der Waals surface area contributed by atoms with Gasteiger partial charge in [-0.2, -0.15) is 0 Å². The average molecular weight is 369 g/mol. The molecule has 0 aliphatic rings. The fraction of sp³-hybridized carbons (Fsp3) is 0.958. The summed E-state index contributed by atoms with van der Waals surface area (Å²) >= 11 is 0. The van der Waals surface area contributed by atoms with Crippen LogP contribution < -0.4 is 0 Å². The van der Waals surface area contributed by atoms with Crippen molar-refractivity contribution in [2.75, 3.05) is 6.61 Å². The summed E-state index contributed by atoms with van der Waals surface area (Å²) in [5.74, 6) is 0.0906. The minimum Gasteiger partial charge on any atom is -0.465 e. The molecule has 0 aliphatic carbocycles. The summed E-state index contributed by atoms with van der Waals surface area (Å²) in [6.45, 7) is 9.49. The second kappa shape index (κ2) is 17.9. The molecule has 0 aromatic carbocycles. The maximum atomic E-state index is 12.9. The number of hydrogen-bond donors (Lipinski definition) is 0. The molecule has 0 N–H and O–H groups in total. The Hall–Kier alpha value is -0.530. The molecule has 0 rings (SSSR count). The fourth-order valence-electron chi connectivity index (χ4n) is 3.79. The molecule has 0 saturated heterocycles. The molecule has 0 amide bonds. The van der Waals surface area contributed by atoms with Gasteiger partial charge in [0.2, 0.25) is 0 Å². The standard InChI is InChI=1S/C24H48O2/c1-5-9-12-14-15-16-17-18-21-24(8-4,20-11-7-3)23(25)26-22-19-13-10-6-2/h5-22H2,1-4H3. The molecule has 156 valence electrons. The molecule has 2 nitrogen and oxygen atoms in total. The lowest BCUT2D eigenvalue weighted by Crippen LogP contribution is -2.33. The first kappa shape index (κ1) is 25.5. The zero-order valence-corrected chi connectivity index (χ0v) is 18.5. The van der Waals surface area contributed by atoms with Crippen LogP contribution in [0.2, 0.25) is 0 Å². The van der Waals surface area contributed by atoms with E-state index in [1.54, 1.807) is 0 Å². The highest BCUT2D eigenvalue weighted by Gasteiger charge is 2.36. The Labute approximate surface area is 164 Å². The number of esters is 1. The Morgan fingerprint density at radius 3 is 1.62 bits per heavy atom. The van der Waals surface area contributed by atoms with E-state index >= 15 is 0 Å². The Balaban J connectivity index is 4.27. The SMILES string of the molecule is CCCCCCCCCCC(CC)(CCCC)C(=O)OCCCCCC. The number of rotatable bonds is 19. The fourth-order valence-corrected chi connectivity index (χ4v) is 3.79. The number of ether oxygens (including phenoxy) is 1. The largest absolute Gasteiger partial charge is 0.465 e. The van der Waals surface area contributed by atoms with Gasteiger partial charge in [0.25, 0.3) is 0 Å². The molecular weight excluding hydrogens is 320 g/mol. The van der Waals surface area contributed by atoms with Crippen LogP contribution in [0.3, 0.4) is 0 Å². The van der Waals surface area contributed by atoms with E-state index in [4.69, 9.17) is 4.74 Å². The van der Waals surface area contributed by atoms with Crippen molar-refractivity contribution < 1.29 is 9.53 Å². The Morgan fingerprint density at radius 2 is 1.08 bits per heavy atom. The van der Waals surface area contributed by atoms with Gasteiger partial charge in [-0.3, -0.25) is 4.79 Å². The molecule has 0 aliphatic heterocycles. The van der Waals surface area contributed by atoms with Crippen molar-refractivity contribution in [3.63, 3.8) is 0 Å². The van der Waals surface area contributed by atoms with Gasteiger partial charge in [-0.25, -0.2) is 0 Å². The van der Waals surface area contributed by atoms with Crippen molar-refractivity contribution >= 4 is 5.97 Å². The molecular formula is C24H48O2. The van der Waals surface area contributed by atoms with Gasteiger partial charge in [0.15, 0.2) is 0 Å². The minimum atomic E-state index is -0.219. The predicted octanol–water partition coefficient (Wildman–Crippen LogP) is 8.23. The van der Waals surface area contributed by atoms with Gasteiger partial charge in [0.05, 0.1) is 12.0 Å². The molecule has 0 fully saturated rings. The van der Waals surface area contributed by atoms with Gasteiger partial charge in [-0.1, -0.05) is 111 Å². The second-order valence-electron chi connectivity index (χ2n) is 8.16. The van der Waals surface area contributed by atoms with Crippen LogP contribution in [0.1, 0.15) is 137 Å². The lowest BCUT2D eigenvalue weighted by Gasteiger charge is -2.30. The number of carbonyl (C=O) groups is 1. The Kier molecular flexibility index (Phi) is 17.5. The van der Waals surface area contributed by atoms with Gasteiger partial charge in [0.1, 0.15) is 0 Å². The van der Waals surface area contributed by atoms with E-state index in [9.17, 15) is 4.79 Å². The highest BCUT2D eigenvalue weighted by atomic mass is 16.5. The van der Waals surface area contributed by atoms with Crippen molar-refractivity contribution in [2.45, 2.75) is 137 Å². The first-order chi connectivity index (χ1) is 12.7. The number of hydrogen-bond acceptors (Lipinski definition) is 2. The lowest BCUT2D eigenvalue weighted by atomic mass is 9.76. The van der Waals surface area contributed by atoms with Gasteiger partial charge < -0.3 is 4.74 Å². The summed E-state index contributed by atoms with van der Waals surface area (Å²) in [5, 5.41) is 0. The number of unbranched alkanes of at least 4 members (excludes halogenated alkanes) is 11. The van der Waals surface area contributed by atoms with Crippen molar-refractivity contribution in [2.24, 2.45) is 5.41 Å². The molecule has 1 atom stereocenters. The third-order valence-corrected chi connectivity index (χ3v) is 5.86. The average Bonchev–Trinajstić information content (AvgIpc) is 2.66. The quantitative estimate of drug-likeness (QED) is 0.169. The normalized spacial score (nSPS) is 13.5. The Bertz CT molecular complexity index is 313. The van der Waals surface area contributed by atoms with Crippen molar-refractivity contribution in [3.8, 4) is 0 Å². The maximum Gasteiger partial charge on any atom is 0.312 e. The highest BCUT2D eigenvalue weighted by molar-refractivity contribution is 5.76. The van der Waals surface area contributed by atoms with Crippen molar-refractivity contribution in [1.82, 2.24) is 0 Å². The van der Waals surface area contributed by atoms with Gasteiger partial charge >= 0.3 is 5.97 Å². The van der Waals surface area contributed by atoms with Crippen LogP contribution in [0.25, 0.3) is 0 Å². The third kappa shape index (κ3) is 12.0. The van der Waals surface area contributed by atoms with Crippen LogP contribution in [0.4, 0.5) is 0 Å². The summed E-state index contributed by atoms with van der Waals surface area (Å²) in [6.07, 6.45) is 20.5. The van der Waals surface area contributed by atoms with E-state index in [0.29, 0.717) is 6.61 Å². The molecule has 1 unspecified atom stereocenters. The summed E-state index contributed by atoms with van der Waals surface area (Å²) in [6, 6.07) is 0. The lowest BCUT2D eigenvalue weighted by molar-refractivity contribution is -0.157. The molecule has 0 heterocycles. The van der Waals surface area contributed by atoms with E-state index in [1.807, 2.05) is 0 Å². The van der Waals surface area contributed by atoms with Crippen LogP contribution in [0.15, 0.2) is 0 Å². The summed E-state index contributed by atoms with van der Waals surface area (Å²) in [7, 11) is 0. The monoisotopic (exact) mass is 368 g/mol. The van der Waals surface area contributed by atoms with E-state index in [-0.39, 0.29) is 11.4 Å². The second-order valence-corrected chi connectivity index (χ2v) is 8.16. The molecule has 0 aromatic rings. The zero-order chi connectivity index (χ0) is 19.5. The van der Waals surface area contributed by atoms with E-state index in [2.05, 4.69) is 27.7 Å². The summed E-state index contributed by atoms with van der Waals surface area (Å²) in [4.78, 5) is 12.9. The van der Waals surface area contributed by atoms with Gasteiger partial charge in [-0.05, 0) is 25.7 Å². The molecule has 0 spiro atoms. The predicted molar refractivity (Wildman–Crippen MR) is 115 cm³/mol. The molecule has 0 bridgehead atoms. The molecule has 26 heavy (non-hydrogen) atoms.